The lowest BCUT2D eigenvalue weighted by atomic mass is 10.0. The predicted octanol–water partition coefficient (Wildman–Crippen LogP) is 6.76. The number of carbonyl (C=O) groups excluding carboxylic acids is 4. The van der Waals surface area contributed by atoms with Crippen LogP contribution in [0.5, 0.6) is 17.2 Å². The maximum atomic E-state index is 13.3. The standard InChI is InChI=1S/C34H29NO7/c1-20(2)27-15-5-21(3)17-31(27)42-26-13-9-24(10-14-26)35-32(37)28-16-8-23(18-29(28)33(35)38)34(39)41-19-30(36)22-6-11-25(40-4)12-7-22/h5-18,20H,19H2,1-4H3. The summed E-state index contributed by atoms with van der Waals surface area (Å²) in [6.45, 7) is 5.71. The summed E-state index contributed by atoms with van der Waals surface area (Å²) in [6.07, 6.45) is 0. The third-order valence-electron chi connectivity index (χ3n) is 6.98. The molecule has 2 amide bonds. The maximum Gasteiger partial charge on any atom is 0.338 e. The summed E-state index contributed by atoms with van der Waals surface area (Å²) in [5.74, 6) is -0.0409. The van der Waals surface area contributed by atoms with E-state index < -0.39 is 24.4 Å². The predicted molar refractivity (Wildman–Crippen MR) is 157 cm³/mol. The van der Waals surface area contributed by atoms with Crippen molar-refractivity contribution in [2.24, 2.45) is 0 Å². The minimum Gasteiger partial charge on any atom is -0.497 e. The van der Waals surface area contributed by atoms with E-state index in [1.165, 1.54) is 25.3 Å². The van der Waals surface area contributed by atoms with Crippen molar-refractivity contribution in [1.82, 2.24) is 0 Å². The molecule has 0 N–H and O–H groups in total. The fourth-order valence-electron chi connectivity index (χ4n) is 4.67. The SMILES string of the molecule is COc1ccc(C(=O)COC(=O)c2ccc3c(c2)C(=O)N(c2ccc(Oc4cc(C)ccc4C(C)C)cc2)C3=O)cc1. The third-order valence-corrected chi connectivity index (χ3v) is 6.98. The van der Waals surface area contributed by atoms with Crippen LogP contribution in [0.3, 0.4) is 0 Å². The number of esters is 1. The van der Waals surface area contributed by atoms with Crippen LogP contribution in [0, 0.1) is 6.92 Å². The Morgan fingerprint density at radius 2 is 1.40 bits per heavy atom. The van der Waals surface area contributed by atoms with Gasteiger partial charge in [-0.15, -0.1) is 0 Å². The molecule has 4 aromatic rings. The molecule has 1 heterocycles. The fourth-order valence-corrected chi connectivity index (χ4v) is 4.67. The van der Waals surface area contributed by atoms with E-state index in [2.05, 4.69) is 13.8 Å². The van der Waals surface area contributed by atoms with E-state index in [9.17, 15) is 19.2 Å². The lowest BCUT2D eigenvalue weighted by molar-refractivity contribution is 0.0474. The molecule has 4 aromatic carbocycles. The number of amides is 2. The molecule has 0 saturated carbocycles. The molecule has 0 unspecified atom stereocenters. The normalized spacial score (nSPS) is 12.4. The molecule has 1 aliphatic rings. The molecule has 212 valence electrons. The number of anilines is 1. The molecule has 0 radical (unpaired) electrons. The molecule has 1 aliphatic heterocycles. The van der Waals surface area contributed by atoms with Crippen LogP contribution in [-0.2, 0) is 4.74 Å². The number of aryl methyl sites for hydroxylation is 1. The van der Waals surface area contributed by atoms with E-state index in [0.29, 0.717) is 22.7 Å². The number of methoxy groups -OCH3 is 1. The first-order valence-corrected chi connectivity index (χ1v) is 13.4. The Balaban J connectivity index is 1.28. The van der Waals surface area contributed by atoms with Gasteiger partial charge in [0, 0.05) is 5.56 Å². The summed E-state index contributed by atoms with van der Waals surface area (Å²) >= 11 is 0. The van der Waals surface area contributed by atoms with Gasteiger partial charge in [-0.2, -0.15) is 0 Å². The molecule has 8 nitrogen and oxygen atoms in total. The minimum atomic E-state index is -0.781. The summed E-state index contributed by atoms with van der Waals surface area (Å²) in [7, 11) is 1.52. The van der Waals surface area contributed by atoms with Crippen molar-refractivity contribution < 1.29 is 33.4 Å². The van der Waals surface area contributed by atoms with Crippen LogP contribution in [0.2, 0.25) is 0 Å². The number of Topliss-reactive ketones (excluding diaryl/α,β-unsaturated/α-hetero) is 1. The van der Waals surface area contributed by atoms with Crippen LogP contribution in [0.15, 0.2) is 84.9 Å². The Kier molecular flexibility index (Phi) is 7.88. The van der Waals surface area contributed by atoms with Gasteiger partial charge in [0.1, 0.15) is 17.2 Å². The molecule has 0 aliphatic carbocycles. The number of hydrogen-bond acceptors (Lipinski definition) is 7. The van der Waals surface area contributed by atoms with E-state index in [1.54, 1.807) is 48.5 Å². The largest absolute Gasteiger partial charge is 0.497 e. The van der Waals surface area contributed by atoms with Gasteiger partial charge < -0.3 is 14.2 Å². The molecule has 0 bridgehead atoms. The lowest BCUT2D eigenvalue weighted by Crippen LogP contribution is -2.29. The summed E-state index contributed by atoms with van der Waals surface area (Å²) in [5, 5.41) is 0. The number of hydrogen-bond donors (Lipinski definition) is 0. The highest BCUT2D eigenvalue weighted by Gasteiger charge is 2.37. The number of rotatable bonds is 9. The van der Waals surface area contributed by atoms with Gasteiger partial charge in [-0.25, -0.2) is 9.69 Å². The van der Waals surface area contributed by atoms with Crippen molar-refractivity contribution in [3.05, 3.63) is 118 Å². The third kappa shape index (κ3) is 5.65. The summed E-state index contributed by atoms with van der Waals surface area (Å²) < 4.78 is 16.4. The minimum absolute atomic E-state index is 0.0575. The van der Waals surface area contributed by atoms with Crippen LogP contribution in [0.25, 0.3) is 0 Å². The second kappa shape index (κ2) is 11.7. The number of imide groups is 1. The molecule has 0 aromatic heterocycles. The molecule has 0 spiro atoms. The van der Waals surface area contributed by atoms with Gasteiger partial charge in [-0.1, -0.05) is 26.0 Å². The first-order chi connectivity index (χ1) is 20.2. The quantitative estimate of drug-likeness (QED) is 0.126. The van der Waals surface area contributed by atoms with Gasteiger partial charge in [0.15, 0.2) is 12.4 Å². The summed E-state index contributed by atoms with van der Waals surface area (Å²) in [5.41, 5.74) is 3.20. The monoisotopic (exact) mass is 563 g/mol. The Hall–Kier alpha value is -5.24. The fraction of sp³-hybridized carbons (Fsp3) is 0.176. The Labute approximate surface area is 243 Å². The Bertz CT molecular complexity index is 1690. The number of ketones is 1. The number of fused-ring (bicyclic) bond motifs is 1. The van der Waals surface area contributed by atoms with Crippen LogP contribution >= 0.6 is 0 Å². The second-order valence-corrected chi connectivity index (χ2v) is 10.2. The van der Waals surface area contributed by atoms with Crippen LogP contribution in [0.1, 0.15) is 72.3 Å². The molecule has 0 saturated heterocycles. The van der Waals surface area contributed by atoms with E-state index in [4.69, 9.17) is 14.2 Å². The van der Waals surface area contributed by atoms with E-state index >= 15 is 0 Å². The van der Waals surface area contributed by atoms with E-state index in [0.717, 1.165) is 21.8 Å². The Morgan fingerprint density at radius 3 is 2.07 bits per heavy atom. The zero-order valence-electron chi connectivity index (χ0n) is 23.7. The number of benzene rings is 4. The molecule has 42 heavy (non-hydrogen) atoms. The summed E-state index contributed by atoms with van der Waals surface area (Å²) in [4.78, 5) is 52.6. The van der Waals surface area contributed by atoms with Crippen molar-refractivity contribution in [3.8, 4) is 17.2 Å². The van der Waals surface area contributed by atoms with Gasteiger partial charge >= 0.3 is 5.97 Å². The number of carbonyl (C=O) groups is 4. The van der Waals surface area contributed by atoms with Crippen molar-refractivity contribution >= 4 is 29.3 Å². The lowest BCUT2D eigenvalue weighted by Gasteiger charge is -2.16. The highest BCUT2D eigenvalue weighted by Crippen LogP contribution is 2.34. The van der Waals surface area contributed by atoms with E-state index in [-0.39, 0.29) is 28.4 Å². The van der Waals surface area contributed by atoms with Crippen molar-refractivity contribution in [3.63, 3.8) is 0 Å². The van der Waals surface area contributed by atoms with Crippen LogP contribution in [-0.4, -0.2) is 37.3 Å². The number of ether oxygens (including phenoxy) is 3. The zero-order chi connectivity index (χ0) is 30.0. The number of nitrogens with zero attached hydrogens (tertiary/aromatic N) is 1. The van der Waals surface area contributed by atoms with Crippen LogP contribution < -0.4 is 14.4 Å². The second-order valence-electron chi connectivity index (χ2n) is 10.2. The van der Waals surface area contributed by atoms with Gasteiger partial charge in [-0.05, 0) is 96.8 Å². The highest BCUT2D eigenvalue weighted by molar-refractivity contribution is 6.34. The first kappa shape index (κ1) is 28.3. The average molecular weight is 564 g/mol. The first-order valence-electron chi connectivity index (χ1n) is 13.4. The molecular formula is C34H29NO7. The maximum absolute atomic E-state index is 13.3. The van der Waals surface area contributed by atoms with Gasteiger partial charge in [0.2, 0.25) is 0 Å². The topological polar surface area (TPSA) is 99.2 Å². The zero-order valence-corrected chi connectivity index (χ0v) is 23.7. The van der Waals surface area contributed by atoms with Crippen molar-refractivity contribution in [2.75, 3.05) is 18.6 Å². The average Bonchev–Trinajstić information content (AvgIpc) is 3.24. The molecule has 0 fully saturated rings. The van der Waals surface area contributed by atoms with Crippen molar-refractivity contribution in [2.45, 2.75) is 26.7 Å². The molecular weight excluding hydrogens is 534 g/mol. The smallest absolute Gasteiger partial charge is 0.338 e. The van der Waals surface area contributed by atoms with Crippen molar-refractivity contribution in [1.29, 1.82) is 0 Å². The summed E-state index contributed by atoms with van der Waals surface area (Å²) in [6, 6.07) is 23.3. The van der Waals surface area contributed by atoms with Gasteiger partial charge in [-0.3, -0.25) is 14.4 Å². The highest BCUT2D eigenvalue weighted by atomic mass is 16.5. The Morgan fingerprint density at radius 1 is 0.762 bits per heavy atom. The van der Waals surface area contributed by atoms with Gasteiger partial charge in [0.25, 0.3) is 11.8 Å². The van der Waals surface area contributed by atoms with E-state index in [1.807, 2.05) is 25.1 Å². The molecule has 5 rings (SSSR count). The molecule has 0 atom stereocenters. The molecule has 8 heteroatoms. The van der Waals surface area contributed by atoms with Crippen LogP contribution in [0.4, 0.5) is 5.69 Å². The van der Waals surface area contributed by atoms with Gasteiger partial charge in [0.05, 0.1) is 29.5 Å².